The molecular formula is C28H35FN8S2. The predicted octanol–water partition coefficient (Wildman–Crippen LogP) is 7.04. The smallest absolute Gasteiger partial charge is 0.227 e. The predicted molar refractivity (Wildman–Crippen MR) is 160 cm³/mol. The number of hydrogen-bond donors (Lipinski definition) is 3. The molecule has 1 fully saturated rings. The summed E-state index contributed by atoms with van der Waals surface area (Å²) in [4.78, 5) is 15.0. The van der Waals surface area contributed by atoms with Gasteiger partial charge in [0.05, 0.1) is 44.9 Å². The van der Waals surface area contributed by atoms with Gasteiger partial charge in [-0.2, -0.15) is 5.10 Å². The van der Waals surface area contributed by atoms with Crippen LogP contribution in [0.5, 0.6) is 0 Å². The molecule has 3 aromatic heterocycles. The van der Waals surface area contributed by atoms with Crippen LogP contribution in [0.3, 0.4) is 0 Å². The van der Waals surface area contributed by atoms with Crippen LogP contribution in [-0.2, 0) is 5.41 Å². The number of rotatable bonds is 9. The summed E-state index contributed by atoms with van der Waals surface area (Å²) in [6, 6.07) is 7.65. The molecule has 0 amide bonds. The lowest BCUT2D eigenvalue weighted by Crippen LogP contribution is -2.29. The molecule has 1 aromatic carbocycles. The van der Waals surface area contributed by atoms with Gasteiger partial charge in [-0.3, -0.25) is 4.68 Å². The van der Waals surface area contributed by atoms with Crippen molar-refractivity contribution in [3.8, 4) is 21.8 Å². The van der Waals surface area contributed by atoms with Crippen LogP contribution >= 0.6 is 23.3 Å². The van der Waals surface area contributed by atoms with Crippen LogP contribution in [0.1, 0.15) is 58.0 Å². The third-order valence-electron chi connectivity index (χ3n) is 6.44. The number of anilines is 3. The molecule has 0 atom stereocenters. The molecule has 3 N–H and O–H groups in total. The molecule has 1 saturated heterocycles. The van der Waals surface area contributed by atoms with E-state index in [1.165, 1.54) is 11.9 Å². The molecule has 0 unspecified atom stereocenters. The van der Waals surface area contributed by atoms with Gasteiger partial charge < -0.3 is 15.4 Å². The van der Waals surface area contributed by atoms with Crippen molar-refractivity contribution in [2.75, 3.05) is 28.9 Å². The highest BCUT2D eigenvalue weighted by Gasteiger charge is 2.26. The van der Waals surface area contributed by atoms with Crippen LogP contribution in [0.4, 0.5) is 21.7 Å². The number of thiazole rings is 1. The molecule has 1 aliphatic rings. The second kappa shape index (κ2) is 12.0. The Balaban J connectivity index is 1.47. The van der Waals surface area contributed by atoms with E-state index in [-0.39, 0.29) is 11.2 Å². The zero-order valence-electron chi connectivity index (χ0n) is 22.8. The normalized spacial score (nSPS) is 14.5. The first kappa shape index (κ1) is 27.5. The maximum absolute atomic E-state index is 15.7. The van der Waals surface area contributed by atoms with Crippen molar-refractivity contribution in [1.29, 1.82) is 0 Å². The van der Waals surface area contributed by atoms with Crippen molar-refractivity contribution in [2.24, 2.45) is 0 Å². The van der Waals surface area contributed by atoms with Crippen LogP contribution in [0, 0.1) is 5.82 Å². The Kier molecular flexibility index (Phi) is 8.49. The SMILES string of the molecule is CCCSNc1cccc(-c2nc(C(C)(C)C)sc2-c2ccnc(Nc3cnn(C4CCNCC4)c3)n2)c1F. The number of hydrogen-bond acceptors (Lipinski definition) is 9. The fourth-order valence-corrected chi connectivity index (χ4v) is 6.10. The average molecular weight is 567 g/mol. The van der Waals surface area contributed by atoms with Crippen LogP contribution in [-0.4, -0.2) is 43.6 Å². The zero-order valence-corrected chi connectivity index (χ0v) is 24.4. The Morgan fingerprint density at radius 2 is 2.00 bits per heavy atom. The minimum absolute atomic E-state index is 0.196. The maximum Gasteiger partial charge on any atom is 0.227 e. The lowest BCUT2D eigenvalue weighted by Gasteiger charge is -2.22. The Morgan fingerprint density at radius 3 is 2.77 bits per heavy atom. The highest BCUT2D eigenvalue weighted by molar-refractivity contribution is 8.00. The van der Waals surface area contributed by atoms with Crippen molar-refractivity contribution in [3.05, 3.63) is 53.7 Å². The molecule has 0 bridgehead atoms. The molecule has 4 heterocycles. The molecule has 11 heteroatoms. The Hall–Kier alpha value is -3.02. The van der Waals surface area contributed by atoms with Gasteiger partial charge in [-0.25, -0.2) is 19.3 Å². The standard InChI is InChI=1S/C28H35FN8S2/c1-5-15-38-36-21-8-6-7-20(23(21)29)24-25(39-26(35-24)28(2,3)4)22-11-14-31-27(34-22)33-18-16-32-37(17-18)19-9-12-30-13-10-19/h6-8,11,14,16-17,19,30,36H,5,9-10,12-13,15H2,1-4H3,(H,31,33,34). The van der Waals surface area contributed by atoms with Gasteiger partial charge in [-0.15, -0.1) is 11.3 Å². The lowest BCUT2D eigenvalue weighted by atomic mass is 9.98. The fourth-order valence-electron chi connectivity index (χ4n) is 4.37. The molecule has 206 valence electrons. The summed E-state index contributed by atoms with van der Waals surface area (Å²) in [5.74, 6) is 1.04. The fraction of sp³-hybridized carbons (Fsp3) is 0.429. The van der Waals surface area contributed by atoms with Crippen molar-refractivity contribution in [3.63, 3.8) is 0 Å². The number of aromatic nitrogens is 5. The van der Waals surface area contributed by atoms with Gasteiger partial charge in [0.15, 0.2) is 5.82 Å². The Labute approximate surface area is 237 Å². The zero-order chi connectivity index (χ0) is 27.4. The van der Waals surface area contributed by atoms with E-state index >= 15 is 4.39 Å². The van der Waals surface area contributed by atoms with Crippen LogP contribution in [0.2, 0.25) is 0 Å². The molecule has 8 nitrogen and oxygen atoms in total. The van der Waals surface area contributed by atoms with Gasteiger partial charge in [-0.05, 0) is 50.6 Å². The molecule has 0 spiro atoms. The van der Waals surface area contributed by atoms with E-state index in [1.807, 2.05) is 23.0 Å². The minimum atomic E-state index is -0.314. The highest BCUT2D eigenvalue weighted by atomic mass is 32.2. The molecule has 0 aliphatic carbocycles. The van der Waals surface area contributed by atoms with Crippen molar-refractivity contribution in [1.82, 2.24) is 30.0 Å². The molecule has 0 saturated carbocycles. The molecule has 39 heavy (non-hydrogen) atoms. The largest absolute Gasteiger partial charge is 0.327 e. The third-order valence-corrected chi connectivity index (χ3v) is 8.92. The van der Waals surface area contributed by atoms with Gasteiger partial charge in [0.1, 0.15) is 0 Å². The molecule has 4 aromatic rings. The quantitative estimate of drug-likeness (QED) is 0.147. The van der Waals surface area contributed by atoms with E-state index in [1.54, 1.807) is 35.9 Å². The Bertz CT molecular complexity index is 1400. The summed E-state index contributed by atoms with van der Waals surface area (Å²) >= 11 is 3.05. The summed E-state index contributed by atoms with van der Waals surface area (Å²) < 4.78 is 20.9. The van der Waals surface area contributed by atoms with Crippen LogP contribution in [0.25, 0.3) is 21.8 Å². The lowest BCUT2D eigenvalue weighted by molar-refractivity contribution is 0.343. The van der Waals surface area contributed by atoms with Crippen molar-refractivity contribution >= 4 is 40.6 Å². The molecule has 0 radical (unpaired) electrons. The van der Waals surface area contributed by atoms with E-state index in [0.717, 1.165) is 53.7 Å². The van der Waals surface area contributed by atoms with Gasteiger partial charge in [0.2, 0.25) is 5.95 Å². The summed E-state index contributed by atoms with van der Waals surface area (Å²) in [7, 11) is 0. The number of halogens is 1. The highest BCUT2D eigenvalue weighted by Crippen LogP contribution is 2.42. The van der Waals surface area contributed by atoms with Gasteiger partial charge >= 0.3 is 0 Å². The maximum atomic E-state index is 15.7. The minimum Gasteiger partial charge on any atom is -0.327 e. The summed E-state index contributed by atoms with van der Waals surface area (Å²) in [6.07, 6.45) is 8.65. The van der Waals surface area contributed by atoms with E-state index in [9.17, 15) is 0 Å². The van der Waals surface area contributed by atoms with Gasteiger partial charge in [0.25, 0.3) is 0 Å². The first-order valence-electron chi connectivity index (χ1n) is 13.4. The third kappa shape index (κ3) is 6.42. The summed E-state index contributed by atoms with van der Waals surface area (Å²) in [6.45, 7) is 10.4. The van der Waals surface area contributed by atoms with Crippen molar-refractivity contribution in [2.45, 2.75) is 58.4 Å². The van der Waals surface area contributed by atoms with E-state index in [0.29, 0.717) is 34.6 Å². The molecular weight excluding hydrogens is 531 g/mol. The second-order valence-corrected chi connectivity index (χ2v) is 12.5. The van der Waals surface area contributed by atoms with E-state index in [4.69, 9.17) is 9.97 Å². The summed E-state index contributed by atoms with van der Waals surface area (Å²) in [5, 5.41) is 12.2. The van der Waals surface area contributed by atoms with Crippen molar-refractivity contribution < 1.29 is 4.39 Å². The average Bonchev–Trinajstić information content (AvgIpc) is 3.58. The topological polar surface area (TPSA) is 92.6 Å². The first-order chi connectivity index (χ1) is 18.8. The monoisotopic (exact) mass is 566 g/mol. The number of benzene rings is 1. The van der Waals surface area contributed by atoms with E-state index < -0.39 is 0 Å². The van der Waals surface area contributed by atoms with Gasteiger partial charge in [0, 0.05) is 29.1 Å². The molecule has 5 rings (SSSR count). The van der Waals surface area contributed by atoms with Crippen LogP contribution in [0.15, 0.2) is 42.9 Å². The first-order valence-corrected chi connectivity index (χ1v) is 15.2. The van der Waals surface area contributed by atoms with Gasteiger partial charge in [-0.1, -0.05) is 45.7 Å². The number of nitrogens with zero attached hydrogens (tertiary/aromatic N) is 5. The van der Waals surface area contributed by atoms with E-state index in [2.05, 4.69) is 53.1 Å². The van der Waals surface area contributed by atoms with Crippen LogP contribution < -0.4 is 15.4 Å². The number of piperidine rings is 1. The molecule has 1 aliphatic heterocycles. The summed E-state index contributed by atoms with van der Waals surface area (Å²) in [5.41, 5.74) is 2.83. The number of nitrogens with one attached hydrogen (secondary N) is 3. The second-order valence-electron chi connectivity index (χ2n) is 10.6. The Morgan fingerprint density at radius 1 is 1.18 bits per heavy atom.